The Bertz CT molecular complexity index is 883. The summed E-state index contributed by atoms with van der Waals surface area (Å²) in [5.41, 5.74) is 1.58. The van der Waals surface area contributed by atoms with Crippen LogP contribution < -0.4 is 5.32 Å². The number of nitrogens with zero attached hydrogens (tertiary/aromatic N) is 3. The molecule has 0 aliphatic rings. The quantitative estimate of drug-likeness (QED) is 0.738. The van der Waals surface area contributed by atoms with E-state index in [1.54, 1.807) is 13.0 Å². The SMILES string of the molecule is Cc1cc(F)ncc1-c1nccc(NCc2ccc(F)cc2F)n1. The molecule has 4 nitrogen and oxygen atoms in total. The zero-order valence-corrected chi connectivity index (χ0v) is 12.7. The molecule has 0 aliphatic carbocycles. The van der Waals surface area contributed by atoms with Gasteiger partial charge in [0.1, 0.15) is 17.5 Å². The van der Waals surface area contributed by atoms with Crippen molar-refractivity contribution >= 4 is 5.82 Å². The van der Waals surface area contributed by atoms with Crippen LogP contribution in [0.2, 0.25) is 0 Å². The van der Waals surface area contributed by atoms with Crippen LogP contribution in [-0.4, -0.2) is 15.0 Å². The number of pyridine rings is 1. The van der Waals surface area contributed by atoms with Crippen molar-refractivity contribution in [3.8, 4) is 11.4 Å². The van der Waals surface area contributed by atoms with E-state index in [0.717, 1.165) is 6.07 Å². The summed E-state index contributed by atoms with van der Waals surface area (Å²) in [4.78, 5) is 12.1. The number of hydrogen-bond acceptors (Lipinski definition) is 4. The van der Waals surface area contributed by atoms with E-state index in [9.17, 15) is 13.2 Å². The van der Waals surface area contributed by atoms with E-state index in [1.165, 1.54) is 30.6 Å². The number of rotatable bonds is 4. The zero-order valence-electron chi connectivity index (χ0n) is 12.7. The van der Waals surface area contributed by atoms with Crippen LogP contribution in [0.5, 0.6) is 0 Å². The molecule has 3 rings (SSSR count). The maximum atomic E-state index is 13.6. The summed E-state index contributed by atoms with van der Waals surface area (Å²) in [5, 5.41) is 2.95. The maximum Gasteiger partial charge on any atom is 0.213 e. The fourth-order valence-electron chi connectivity index (χ4n) is 2.19. The van der Waals surface area contributed by atoms with Crippen LogP contribution in [0.1, 0.15) is 11.1 Å². The third kappa shape index (κ3) is 3.51. The van der Waals surface area contributed by atoms with E-state index in [0.29, 0.717) is 28.3 Å². The van der Waals surface area contributed by atoms with E-state index in [-0.39, 0.29) is 6.54 Å². The van der Waals surface area contributed by atoms with Gasteiger partial charge in [0.25, 0.3) is 0 Å². The number of anilines is 1. The van der Waals surface area contributed by atoms with Crippen LogP contribution in [0.15, 0.2) is 42.7 Å². The van der Waals surface area contributed by atoms with Gasteiger partial charge in [-0.25, -0.2) is 23.7 Å². The number of hydrogen-bond donors (Lipinski definition) is 1. The summed E-state index contributed by atoms with van der Waals surface area (Å²) in [7, 11) is 0. The third-order valence-electron chi connectivity index (χ3n) is 3.45. The number of nitrogens with one attached hydrogen (secondary N) is 1. The Balaban J connectivity index is 1.80. The van der Waals surface area contributed by atoms with E-state index in [1.807, 2.05) is 0 Å². The highest BCUT2D eigenvalue weighted by Crippen LogP contribution is 2.20. The molecule has 0 spiro atoms. The van der Waals surface area contributed by atoms with Gasteiger partial charge in [0.15, 0.2) is 5.82 Å². The minimum atomic E-state index is -0.629. The smallest absolute Gasteiger partial charge is 0.213 e. The molecule has 0 aliphatic heterocycles. The van der Waals surface area contributed by atoms with Gasteiger partial charge in [-0.05, 0) is 30.7 Å². The highest BCUT2D eigenvalue weighted by Gasteiger charge is 2.09. The van der Waals surface area contributed by atoms with Crippen molar-refractivity contribution in [3.63, 3.8) is 0 Å². The first-order valence-corrected chi connectivity index (χ1v) is 7.16. The first kappa shape index (κ1) is 15.9. The molecule has 0 amide bonds. The molecule has 2 heterocycles. The van der Waals surface area contributed by atoms with E-state index >= 15 is 0 Å². The zero-order chi connectivity index (χ0) is 17.1. The van der Waals surface area contributed by atoms with Crippen molar-refractivity contribution in [2.75, 3.05) is 5.32 Å². The molecule has 122 valence electrons. The molecule has 2 aromatic heterocycles. The second-order valence-corrected chi connectivity index (χ2v) is 5.18. The van der Waals surface area contributed by atoms with E-state index < -0.39 is 17.6 Å². The summed E-state index contributed by atoms with van der Waals surface area (Å²) in [6, 6.07) is 6.31. The topological polar surface area (TPSA) is 50.7 Å². The largest absolute Gasteiger partial charge is 0.366 e. The Labute approximate surface area is 136 Å². The van der Waals surface area contributed by atoms with Crippen LogP contribution in [0.4, 0.5) is 19.0 Å². The molecule has 0 saturated carbocycles. The van der Waals surface area contributed by atoms with E-state index in [4.69, 9.17) is 0 Å². The predicted octanol–water partition coefficient (Wildman–Crippen LogP) is 3.88. The average molecular weight is 330 g/mol. The third-order valence-corrected chi connectivity index (χ3v) is 3.45. The Hall–Kier alpha value is -2.96. The van der Waals surface area contributed by atoms with Crippen molar-refractivity contribution in [1.29, 1.82) is 0 Å². The average Bonchev–Trinajstić information content (AvgIpc) is 2.54. The van der Waals surface area contributed by atoms with Gasteiger partial charge in [-0.15, -0.1) is 0 Å². The van der Waals surface area contributed by atoms with E-state index in [2.05, 4.69) is 20.3 Å². The summed E-state index contributed by atoms with van der Waals surface area (Å²) in [6.07, 6.45) is 2.90. The van der Waals surface area contributed by atoms with Gasteiger partial charge in [0.05, 0.1) is 0 Å². The molecule has 0 atom stereocenters. The molecule has 1 N–H and O–H groups in total. The lowest BCUT2D eigenvalue weighted by Gasteiger charge is -2.09. The number of halogens is 3. The Morgan fingerprint density at radius 2 is 1.88 bits per heavy atom. The summed E-state index contributed by atoms with van der Waals surface area (Å²) in [6.45, 7) is 1.88. The van der Waals surface area contributed by atoms with Crippen molar-refractivity contribution < 1.29 is 13.2 Å². The standard InChI is InChI=1S/C17H13F3N4/c1-10-6-15(20)22-9-13(10)17-21-5-4-16(24-17)23-8-11-2-3-12(18)7-14(11)19/h2-7,9H,8H2,1H3,(H,21,23,24). The minimum absolute atomic E-state index is 0.142. The predicted molar refractivity (Wildman–Crippen MR) is 83.6 cm³/mol. The van der Waals surface area contributed by atoms with Gasteiger partial charge in [0, 0.05) is 36.1 Å². The summed E-state index contributed by atoms with van der Waals surface area (Å²) >= 11 is 0. The van der Waals surface area contributed by atoms with Crippen LogP contribution in [-0.2, 0) is 6.54 Å². The monoisotopic (exact) mass is 330 g/mol. The molecule has 24 heavy (non-hydrogen) atoms. The highest BCUT2D eigenvalue weighted by atomic mass is 19.1. The molecular formula is C17H13F3N4. The van der Waals surface area contributed by atoms with Crippen LogP contribution >= 0.6 is 0 Å². The van der Waals surface area contributed by atoms with Gasteiger partial charge in [-0.3, -0.25) is 0 Å². The van der Waals surface area contributed by atoms with Gasteiger partial charge in [-0.1, -0.05) is 6.07 Å². The normalized spacial score (nSPS) is 10.7. The Kier molecular flexibility index (Phi) is 4.41. The van der Waals surface area contributed by atoms with Gasteiger partial charge >= 0.3 is 0 Å². The molecule has 0 unspecified atom stereocenters. The molecule has 0 radical (unpaired) electrons. The molecule has 0 saturated heterocycles. The fourth-order valence-corrected chi connectivity index (χ4v) is 2.19. The second kappa shape index (κ2) is 6.66. The van der Waals surface area contributed by atoms with Crippen molar-refractivity contribution in [2.45, 2.75) is 13.5 Å². The Morgan fingerprint density at radius 3 is 2.62 bits per heavy atom. The lowest BCUT2D eigenvalue weighted by Crippen LogP contribution is -2.05. The Morgan fingerprint density at radius 1 is 1.04 bits per heavy atom. The summed E-state index contributed by atoms with van der Waals surface area (Å²) in [5.74, 6) is -0.982. The second-order valence-electron chi connectivity index (χ2n) is 5.18. The summed E-state index contributed by atoms with van der Waals surface area (Å²) < 4.78 is 39.6. The lowest BCUT2D eigenvalue weighted by atomic mass is 10.1. The van der Waals surface area contributed by atoms with Crippen LogP contribution in [0.25, 0.3) is 11.4 Å². The van der Waals surface area contributed by atoms with Gasteiger partial charge in [-0.2, -0.15) is 4.39 Å². The van der Waals surface area contributed by atoms with Crippen molar-refractivity contribution in [3.05, 3.63) is 71.4 Å². The molecule has 7 heteroatoms. The minimum Gasteiger partial charge on any atom is -0.366 e. The number of aromatic nitrogens is 3. The first-order chi connectivity index (χ1) is 11.5. The van der Waals surface area contributed by atoms with Crippen molar-refractivity contribution in [1.82, 2.24) is 15.0 Å². The van der Waals surface area contributed by atoms with Crippen LogP contribution in [0, 0.1) is 24.5 Å². The van der Waals surface area contributed by atoms with Crippen LogP contribution in [0.3, 0.4) is 0 Å². The lowest BCUT2D eigenvalue weighted by molar-refractivity contribution is 0.574. The molecule has 0 fully saturated rings. The highest BCUT2D eigenvalue weighted by molar-refractivity contribution is 5.59. The molecule has 0 bridgehead atoms. The molecule has 3 aromatic rings. The molecular weight excluding hydrogens is 317 g/mol. The fraction of sp³-hybridized carbons (Fsp3) is 0.118. The van der Waals surface area contributed by atoms with Gasteiger partial charge < -0.3 is 5.32 Å². The maximum absolute atomic E-state index is 13.6. The number of benzene rings is 1. The van der Waals surface area contributed by atoms with Crippen molar-refractivity contribution in [2.24, 2.45) is 0 Å². The first-order valence-electron chi connectivity index (χ1n) is 7.16. The van der Waals surface area contributed by atoms with Gasteiger partial charge in [0.2, 0.25) is 5.95 Å². The molecule has 1 aromatic carbocycles. The number of aryl methyl sites for hydroxylation is 1.